The van der Waals surface area contributed by atoms with E-state index in [4.69, 9.17) is 16.2 Å². The topological polar surface area (TPSA) is 70.1 Å². The summed E-state index contributed by atoms with van der Waals surface area (Å²) in [6.45, 7) is 1.49. The lowest BCUT2D eigenvalue weighted by atomic mass is 10.2. The van der Waals surface area contributed by atoms with Crippen molar-refractivity contribution in [3.63, 3.8) is 0 Å². The fourth-order valence-electron chi connectivity index (χ4n) is 1.07. The molecule has 0 saturated carbocycles. The van der Waals surface area contributed by atoms with E-state index in [0.29, 0.717) is 0 Å². The average molecular weight is 246 g/mol. The molecule has 4 N–H and O–H groups in total. The molecule has 0 aliphatic rings. The summed E-state index contributed by atoms with van der Waals surface area (Å²) >= 11 is 0.906. The molecule has 0 fully saturated rings. The number of nitrogen functional groups attached to an aromatic ring is 1. The van der Waals surface area contributed by atoms with Gasteiger partial charge in [0.15, 0.2) is 0 Å². The Balaban J connectivity index is 3.07. The van der Waals surface area contributed by atoms with Crippen molar-refractivity contribution in [2.24, 2.45) is 5.73 Å². The summed E-state index contributed by atoms with van der Waals surface area (Å²) in [6, 6.07) is 2.02. The molecule has 0 bridgehead atoms. The Labute approximate surface area is 96.2 Å². The summed E-state index contributed by atoms with van der Waals surface area (Å²) in [5.74, 6) is -1.92. The van der Waals surface area contributed by atoms with E-state index in [1.807, 2.05) is 0 Å². The number of nitrogens with two attached hydrogens (primary N) is 1. The predicted octanol–water partition coefficient (Wildman–Crippen LogP) is 1.72. The van der Waals surface area contributed by atoms with Crippen LogP contribution in [-0.2, 0) is 0 Å². The number of amidine groups is 1. The van der Waals surface area contributed by atoms with E-state index in [2.05, 4.69) is 0 Å². The summed E-state index contributed by atoms with van der Waals surface area (Å²) in [5, 5.41) is 15.6. The molecule has 0 saturated heterocycles. The van der Waals surface area contributed by atoms with Crippen LogP contribution in [0.4, 0.5) is 8.78 Å². The second-order valence-corrected chi connectivity index (χ2v) is 4.74. The van der Waals surface area contributed by atoms with Gasteiger partial charge in [0.2, 0.25) is 0 Å². The number of aliphatic hydroxyl groups excluding tert-OH is 1. The first kappa shape index (κ1) is 12.9. The Morgan fingerprint density at radius 2 is 2.00 bits per heavy atom. The maximum Gasteiger partial charge on any atom is 0.140 e. The highest BCUT2D eigenvalue weighted by Gasteiger charge is 2.15. The highest BCUT2D eigenvalue weighted by molar-refractivity contribution is 8.00. The molecule has 1 aromatic carbocycles. The minimum absolute atomic E-state index is 0.0102. The zero-order valence-electron chi connectivity index (χ0n) is 8.63. The van der Waals surface area contributed by atoms with Gasteiger partial charge in [-0.05, 0) is 12.1 Å². The van der Waals surface area contributed by atoms with E-state index >= 15 is 0 Å². The number of rotatable bonds is 4. The fourth-order valence-corrected chi connectivity index (χ4v) is 1.89. The summed E-state index contributed by atoms with van der Waals surface area (Å²) in [5.41, 5.74) is 5.14. The van der Waals surface area contributed by atoms with Crippen LogP contribution in [0.1, 0.15) is 12.5 Å². The Hall–Kier alpha value is -1.14. The van der Waals surface area contributed by atoms with Crippen LogP contribution < -0.4 is 5.73 Å². The lowest BCUT2D eigenvalue weighted by Gasteiger charge is -2.10. The van der Waals surface area contributed by atoms with Gasteiger partial charge in [0.05, 0.1) is 11.5 Å². The van der Waals surface area contributed by atoms with Crippen molar-refractivity contribution in [3.05, 3.63) is 29.3 Å². The summed E-state index contributed by atoms with van der Waals surface area (Å²) in [7, 11) is 0. The molecule has 16 heavy (non-hydrogen) atoms. The van der Waals surface area contributed by atoms with E-state index in [9.17, 15) is 8.78 Å². The van der Waals surface area contributed by atoms with Crippen LogP contribution in [0.3, 0.4) is 0 Å². The molecule has 0 radical (unpaired) electrons. The number of hydrogen-bond donors (Lipinski definition) is 3. The van der Waals surface area contributed by atoms with Gasteiger partial charge in [-0.15, -0.1) is 11.8 Å². The predicted molar refractivity (Wildman–Crippen MR) is 59.8 cm³/mol. The largest absolute Gasteiger partial charge is 0.395 e. The van der Waals surface area contributed by atoms with Crippen molar-refractivity contribution in [1.82, 2.24) is 0 Å². The molecule has 1 unspecified atom stereocenters. The highest BCUT2D eigenvalue weighted by atomic mass is 32.2. The summed E-state index contributed by atoms with van der Waals surface area (Å²) in [6.07, 6.45) is 0. The number of nitrogens with one attached hydrogen (secondary N) is 1. The molecular weight excluding hydrogens is 234 g/mol. The van der Waals surface area contributed by atoms with Gasteiger partial charge in [-0.1, -0.05) is 6.92 Å². The normalized spacial score (nSPS) is 12.5. The minimum Gasteiger partial charge on any atom is -0.395 e. The number of thioether (sulfide) groups is 1. The second kappa shape index (κ2) is 5.27. The molecule has 1 atom stereocenters. The lowest BCUT2D eigenvalue weighted by Crippen LogP contribution is -2.12. The molecule has 6 heteroatoms. The minimum atomic E-state index is -0.768. The van der Waals surface area contributed by atoms with E-state index in [-0.39, 0.29) is 28.2 Å². The van der Waals surface area contributed by atoms with Crippen molar-refractivity contribution in [2.75, 3.05) is 6.61 Å². The van der Waals surface area contributed by atoms with Crippen molar-refractivity contribution < 1.29 is 13.9 Å². The quantitative estimate of drug-likeness (QED) is 0.430. The van der Waals surface area contributed by atoms with Gasteiger partial charge in [-0.3, -0.25) is 5.41 Å². The van der Waals surface area contributed by atoms with Crippen LogP contribution in [0, 0.1) is 17.0 Å². The van der Waals surface area contributed by atoms with Gasteiger partial charge >= 0.3 is 0 Å². The average Bonchev–Trinajstić information content (AvgIpc) is 2.22. The Bertz CT molecular complexity index is 389. The van der Waals surface area contributed by atoms with Crippen molar-refractivity contribution in [3.8, 4) is 0 Å². The Morgan fingerprint density at radius 3 is 2.38 bits per heavy atom. The van der Waals surface area contributed by atoms with Crippen molar-refractivity contribution in [1.29, 1.82) is 5.41 Å². The van der Waals surface area contributed by atoms with E-state index in [1.54, 1.807) is 6.92 Å². The molecule has 0 spiro atoms. The molecule has 3 nitrogen and oxygen atoms in total. The SMILES string of the molecule is CC(CO)Sc1c(F)cc(C(=N)N)cc1F. The molecular formula is C10H12F2N2OS. The number of aliphatic hydroxyl groups is 1. The second-order valence-electron chi connectivity index (χ2n) is 3.29. The number of halogens is 2. The fraction of sp³-hybridized carbons (Fsp3) is 0.300. The van der Waals surface area contributed by atoms with Gasteiger partial charge in [-0.25, -0.2) is 8.78 Å². The highest BCUT2D eigenvalue weighted by Crippen LogP contribution is 2.29. The van der Waals surface area contributed by atoms with Crippen molar-refractivity contribution in [2.45, 2.75) is 17.1 Å². The van der Waals surface area contributed by atoms with Crippen LogP contribution >= 0.6 is 11.8 Å². The van der Waals surface area contributed by atoms with Gasteiger partial charge in [0, 0.05) is 10.8 Å². The van der Waals surface area contributed by atoms with Gasteiger partial charge in [0.1, 0.15) is 17.5 Å². The maximum absolute atomic E-state index is 13.5. The number of benzene rings is 1. The van der Waals surface area contributed by atoms with Crippen LogP contribution in [0.5, 0.6) is 0 Å². The monoisotopic (exact) mass is 246 g/mol. The number of hydrogen-bond acceptors (Lipinski definition) is 3. The van der Waals surface area contributed by atoms with E-state index in [0.717, 1.165) is 23.9 Å². The standard InChI is InChI=1S/C10H12F2N2OS/c1-5(4-15)16-9-7(11)2-6(10(13)14)3-8(9)12/h2-3,5,15H,4H2,1H3,(H3,13,14). The van der Waals surface area contributed by atoms with Crippen LogP contribution in [-0.4, -0.2) is 22.8 Å². The summed E-state index contributed by atoms with van der Waals surface area (Å²) < 4.78 is 26.9. The summed E-state index contributed by atoms with van der Waals surface area (Å²) in [4.78, 5) is -0.161. The molecule has 88 valence electrons. The molecule has 0 aromatic heterocycles. The molecule has 0 aliphatic heterocycles. The van der Waals surface area contributed by atoms with Crippen LogP contribution in [0.2, 0.25) is 0 Å². The lowest BCUT2D eigenvalue weighted by molar-refractivity contribution is 0.300. The maximum atomic E-state index is 13.5. The third-order valence-corrected chi connectivity index (χ3v) is 3.06. The first-order valence-corrected chi connectivity index (χ1v) is 5.44. The third-order valence-electron chi connectivity index (χ3n) is 1.89. The third kappa shape index (κ3) is 2.93. The smallest absolute Gasteiger partial charge is 0.140 e. The zero-order valence-corrected chi connectivity index (χ0v) is 9.44. The Morgan fingerprint density at radius 1 is 1.50 bits per heavy atom. The van der Waals surface area contributed by atoms with Crippen molar-refractivity contribution >= 4 is 17.6 Å². The molecule has 1 rings (SSSR count). The van der Waals surface area contributed by atoms with Gasteiger partial charge in [-0.2, -0.15) is 0 Å². The first-order chi connectivity index (χ1) is 7.45. The van der Waals surface area contributed by atoms with Crippen LogP contribution in [0.25, 0.3) is 0 Å². The van der Waals surface area contributed by atoms with Gasteiger partial charge < -0.3 is 10.8 Å². The Kier molecular flexibility index (Phi) is 4.26. The van der Waals surface area contributed by atoms with Gasteiger partial charge in [0.25, 0.3) is 0 Å². The molecule has 0 heterocycles. The van der Waals surface area contributed by atoms with E-state index in [1.165, 1.54) is 0 Å². The molecule has 0 aliphatic carbocycles. The molecule has 0 amide bonds. The first-order valence-electron chi connectivity index (χ1n) is 4.56. The zero-order chi connectivity index (χ0) is 12.3. The molecule has 1 aromatic rings. The van der Waals surface area contributed by atoms with E-state index < -0.39 is 11.6 Å². The van der Waals surface area contributed by atoms with Crippen LogP contribution in [0.15, 0.2) is 17.0 Å².